The number of carbonyl (C=O) groups excluding carboxylic acids is 1. The number of carbonyl (C=O) groups is 1. The van der Waals surface area contributed by atoms with Crippen LogP contribution in [0.5, 0.6) is 5.75 Å². The number of amides is 1. The molecule has 0 saturated carbocycles. The number of benzene rings is 3. The van der Waals surface area contributed by atoms with Crippen molar-refractivity contribution in [1.29, 1.82) is 0 Å². The first-order valence-corrected chi connectivity index (χ1v) is 12.5. The summed E-state index contributed by atoms with van der Waals surface area (Å²) in [5.74, 6) is 0.982. The number of aromatic nitrogens is 2. The zero-order chi connectivity index (χ0) is 24.7. The van der Waals surface area contributed by atoms with Crippen LogP contribution in [0.1, 0.15) is 27.9 Å². The summed E-state index contributed by atoms with van der Waals surface area (Å²) >= 11 is 0. The molecule has 0 N–H and O–H groups in total. The van der Waals surface area contributed by atoms with E-state index in [2.05, 4.69) is 46.4 Å². The Kier molecular flexibility index (Phi) is 7.43. The van der Waals surface area contributed by atoms with Crippen LogP contribution in [-0.4, -0.2) is 58.8 Å². The Bertz CT molecular complexity index is 1270. The highest BCUT2D eigenvalue weighted by atomic mass is 16.5. The molecule has 0 bridgehead atoms. The fraction of sp³-hybridized carbons (Fsp3) is 0.267. The van der Waals surface area contributed by atoms with E-state index in [-0.39, 0.29) is 5.91 Å². The lowest BCUT2D eigenvalue weighted by Gasteiger charge is -2.23. The highest BCUT2D eigenvalue weighted by Crippen LogP contribution is 2.26. The van der Waals surface area contributed by atoms with Crippen molar-refractivity contribution < 1.29 is 9.53 Å². The lowest BCUT2D eigenvalue weighted by atomic mass is 9.97. The molecule has 6 nitrogen and oxygen atoms in total. The predicted octanol–water partition coefficient (Wildman–Crippen LogP) is 4.96. The van der Waals surface area contributed by atoms with Crippen molar-refractivity contribution in [2.75, 3.05) is 33.3 Å². The second-order valence-electron chi connectivity index (χ2n) is 9.22. The molecular formula is C30H32N4O2. The maximum atomic E-state index is 13.6. The molecule has 184 valence electrons. The van der Waals surface area contributed by atoms with Crippen molar-refractivity contribution in [3.8, 4) is 16.9 Å². The zero-order valence-electron chi connectivity index (χ0n) is 20.7. The Balaban J connectivity index is 1.26. The van der Waals surface area contributed by atoms with E-state index < -0.39 is 0 Å². The van der Waals surface area contributed by atoms with Gasteiger partial charge in [-0.15, -0.1) is 0 Å². The van der Waals surface area contributed by atoms with Gasteiger partial charge in [-0.1, -0.05) is 54.6 Å². The summed E-state index contributed by atoms with van der Waals surface area (Å²) in [5, 5.41) is 4.28. The average molecular weight is 481 g/mol. The van der Waals surface area contributed by atoms with Crippen LogP contribution in [-0.2, 0) is 13.1 Å². The first-order chi connectivity index (χ1) is 17.7. The lowest BCUT2D eigenvalue weighted by Crippen LogP contribution is -2.35. The minimum absolute atomic E-state index is 0.109. The third-order valence-corrected chi connectivity index (χ3v) is 6.77. The zero-order valence-corrected chi connectivity index (χ0v) is 20.7. The standard InChI is InChI=1S/C30H32N4O2/c1-36-27-14-10-24(11-15-27)22-32-17-5-18-33(21-20-32)30(35)29-7-3-2-6-28(29)26-12-8-25(9-13-26)23-34-19-4-16-31-34/h2-4,6-16,19H,5,17-18,20-23H2,1H3. The van der Waals surface area contributed by atoms with E-state index in [9.17, 15) is 4.79 Å². The predicted molar refractivity (Wildman–Crippen MR) is 142 cm³/mol. The van der Waals surface area contributed by atoms with Gasteiger partial charge in [0.25, 0.3) is 5.91 Å². The summed E-state index contributed by atoms with van der Waals surface area (Å²) < 4.78 is 7.18. The van der Waals surface area contributed by atoms with E-state index in [1.807, 2.05) is 58.2 Å². The maximum absolute atomic E-state index is 13.6. The summed E-state index contributed by atoms with van der Waals surface area (Å²) in [6.07, 6.45) is 4.71. The van der Waals surface area contributed by atoms with E-state index in [4.69, 9.17) is 4.74 Å². The van der Waals surface area contributed by atoms with Gasteiger partial charge in [-0.25, -0.2) is 0 Å². The van der Waals surface area contributed by atoms with Crippen LogP contribution in [0.25, 0.3) is 11.1 Å². The first-order valence-electron chi connectivity index (χ1n) is 12.5. The first kappa shape index (κ1) is 23.8. The fourth-order valence-electron chi connectivity index (χ4n) is 4.78. The summed E-state index contributed by atoms with van der Waals surface area (Å²) in [5.41, 5.74) is 5.24. The highest BCUT2D eigenvalue weighted by molar-refractivity contribution is 6.00. The smallest absolute Gasteiger partial charge is 0.254 e. The molecule has 1 amide bonds. The van der Waals surface area contributed by atoms with Gasteiger partial charge in [0.1, 0.15) is 5.75 Å². The Morgan fingerprint density at radius 1 is 0.833 bits per heavy atom. The molecule has 0 spiro atoms. The Hall–Kier alpha value is -3.90. The molecule has 1 aliphatic heterocycles. The minimum Gasteiger partial charge on any atom is -0.497 e. The van der Waals surface area contributed by atoms with Crippen LogP contribution in [0.2, 0.25) is 0 Å². The molecule has 0 aliphatic carbocycles. The van der Waals surface area contributed by atoms with Gasteiger partial charge in [-0.05, 0) is 52.9 Å². The van der Waals surface area contributed by atoms with E-state index >= 15 is 0 Å². The third-order valence-electron chi connectivity index (χ3n) is 6.77. The van der Waals surface area contributed by atoms with Gasteiger partial charge in [0.15, 0.2) is 0 Å². The minimum atomic E-state index is 0.109. The molecule has 4 aromatic rings. The number of methoxy groups -OCH3 is 1. The van der Waals surface area contributed by atoms with Crippen LogP contribution in [0.4, 0.5) is 0 Å². The lowest BCUT2D eigenvalue weighted by molar-refractivity contribution is 0.0762. The molecule has 1 fully saturated rings. The average Bonchev–Trinajstić information content (AvgIpc) is 3.33. The molecule has 0 atom stereocenters. The van der Waals surface area contributed by atoms with Gasteiger partial charge < -0.3 is 9.64 Å². The summed E-state index contributed by atoms with van der Waals surface area (Å²) in [7, 11) is 1.69. The number of hydrogen-bond donors (Lipinski definition) is 0. The topological polar surface area (TPSA) is 50.6 Å². The Morgan fingerprint density at radius 2 is 1.58 bits per heavy atom. The number of rotatable bonds is 7. The van der Waals surface area contributed by atoms with E-state index in [0.717, 1.165) is 68.1 Å². The number of ether oxygens (including phenoxy) is 1. The third kappa shape index (κ3) is 5.66. The molecule has 1 aliphatic rings. The van der Waals surface area contributed by atoms with E-state index in [1.54, 1.807) is 13.3 Å². The van der Waals surface area contributed by atoms with E-state index in [1.165, 1.54) is 11.1 Å². The summed E-state index contributed by atoms with van der Waals surface area (Å²) in [6, 6.07) is 26.5. The van der Waals surface area contributed by atoms with Crippen molar-refractivity contribution in [3.63, 3.8) is 0 Å². The molecule has 6 heteroatoms. The fourth-order valence-corrected chi connectivity index (χ4v) is 4.78. The molecule has 1 aromatic heterocycles. The van der Waals surface area contributed by atoms with Gasteiger partial charge in [0.2, 0.25) is 0 Å². The van der Waals surface area contributed by atoms with E-state index in [0.29, 0.717) is 0 Å². The molecular weight excluding hydrogens is 448 g/mol. The van der Waals surface area contributed by atoms with Gasteiger partial charge in [0, 0.05) is 50.7 Å². The van der Waals surface area contributed by atoms with Gasteiger partial charge in [0.05, 0.1) is 13.7 Å². The van der Waals surface area contributed by atoms with Gasteiger partial charge >= 0.3 is 0 Å². The largest absolute Gasteiger partial charge is 0.497 e. The van der Waals surface area contributed by atoms with Crippen molar-refractivity contribution in [3.05, 3.63) is 108 Å². The van der Waals surface area contributed by atoms with Crippen LogP contribution in [0.15, 0.2) is 91.3 Å². The van der Waals surface area contributed by atoms with Crippen molar-refractivity contribution in [2.24, 2.45) is 0 Å². The summed E-state index contributed by atoms with van der Waals surface area (Å²) in [4.78, 5) is 18.1. The monoisotopic (exact) mass is 480 g/mol. The van der Waals surface area contributed by atoms with Gasteiger partial charge in [-0.2, -0.15) is 5.10 Å². The van der Waals surface area contributed by atoms with Crippen LogP contribution < -0.4 is 4.74 Å². The van der Waals surface area contributed by atoms with Crippen LogP contribution >= 0.6 is 0 Å². The maximum Gasteiger partial charge on any atom is 0.254 e. The second kappa shape index (κ2) is 11.2. The molecule has 5 rings (SSSR count). The van der Waals surface area contributed by atoms with Crippen molar-refractivity contribution in [1.82, 2.24) is 19.6 Å². The van der Waals surface area contributed by atoms with Crippen molar-refractivity contribution >= 4 is 5.91 Å². The highest BCUT2D eigenvalue weighted by Gasteiger charge is 2.22. The summed E-state index contributed by atoms with van der Waals surface area (Å²) in [6.45, 7) is 4.96. The Morgan fingerprint density at radius 3 is 2.33 bits per heavy atom. The molecule has 3 aromatic carbocycles. The van der Waals surface area contributed by atoms with Crippen molar-refractivity contribution in [2.45, 2.75) is 19.5 Å². The number of hydrogen-bond acceptors (Lipinski definition) is 4. The number of nitrogens with zero attached hydrogens (tertiary/aromatic N) is 4. The SMILES string of the molecule is COc1ccc(CN2CCCN(C(=O)c3ccccc3-c3ccc(Cn4cccn4)cc3)CC2)cc1. The van der Waals surface area contributed by atoms with Crippen LogP contribution in [0.3, 0.4) is 0 Å². The second-order valence-corrected chi connectivity index (χ2v) is 9.22. The molecule has 0 radical (unpaired) electrons. The molecule has 2 heterocycles. The normalized spacial score (nSPS) is 14.4. The van der Waals surface area contributed by atoms with Crippen LogP contribution in [0, 0.1) is 0 Å². The van der Waals surface area contributed by atoms with Gasteiger partial charge in [-0.3, -0.25) is 14.4 Å². The molecule has 0 unspecified atom stereocenters. The molecule has 36 heavy (non-hydrogen) atoms. The quantitative estimate of drug-likeness (QED) is 0.375. The Labute approximate surface area is 212 Å². The molecule has 1 saturated heterocycles.